The summed E-state index contributed by atoms with van der Waals surface area (Å²) in [4.78, 5) is 5.47. The van der Waals surface area contributed by atoms with Gasteiger partial charge in [-0.15, -0.1) is 0 Å². The summed E-state index contributed by atoms with van der Waals surface area (Å²) in [7, 11) is 0. The molecule has 2 nitrogen and oxygen atoms in total. The van der Waals surface area contributed by atoms with Crippen LogP contribution in [0.4, 0.5) is 0 Å². The van der Waals surface area contributed by atoms with Crippen molar-refractivity contribution in [3.05, 3.63) is 0 Å². The molecule has 0 saturated carbocycles. The molecule has 2 aliphatic rings. The van der Waals surface area contributed by atoms with Crippen molar-refractivity contribution in [1.29, 1.82) is 0 Å². The van der Waals surface area contributed by atoms with Crippen LogP contribution in [-0.2, 0) is 0 Å². The number of fused-ring (bicyclic) bond motifs is 1. The smallest absolute Gasteiger partial charge is 0.0513 e. The normalized spacial score (nSPS) is 31.9. The molecule has 2 rings (SSSR count). The molecule has 112 valence electrons. The van der Waals surface area contributed by atoms with Crippen molar-refractivity contribution in [3.63, 3.8) is 0 Å². The zero-order valence-corrected chi connectivity index (χ0v) is 14.0. The molecule has 0 bridgehead atoms. The van der Waals surface area contributed by atoms with Crippen LogP contribution in [0.3, 0.4) is 0 Å². The highest BCUT2D eigenvalue weighted by molar-refractivity contribution is 4.90. The van der Waals surface area contributed by atoms with Crippen LogP contribution in [0.5, 0.6) is 0 Å². The fraction of sp³-hybridized carbons (Fsp3) is 1.00. The molecule has 2 atom stereocenters. The van der Waals surface area contributed by atoms with Crippen molar-refractivity contribution in [2.75, 3.05) is 19.8 Å². The number of rotatable bonds is 0. The van der Waals surface area contributed by atoms with Gasteiger partial charge in [0.05, 0.1) is 6.67 Å². The van der Waals surface area contributed by atoms with Gasteiger partial charge in [0.1, 0.15) is 0 Å². The van der Waals surface area contributed by atoms with Crippen LogP contribution < -0.4 is 0 Å². The molecule has 0 aliphatic carbocycles. The van der Waals surface area contributed by atoms with Gasteiger partial charge in [-0.2, -0.15) is 0 Å². The number of piperidine rings is 1. The van der Waals surface area contributed by atoms with Crippen molar-refractivity contribution >= 4 is 0 Å². The quantitative estimate of drug-likeness (QED) is 0.655. The fourth-order valence-electron chi connectivity index (χ4n) is 3.66. The molecule has 2 fully saturated rings. The maximum Gasteiger partial charge on any atom is 0.0513 e. The second-order valence-electron chi connectivity index (χ2n) is 8.78. The Morgan fingerprint density at radius 1 is 0.895 bits per heavy atom. The van der Waals surface area contributed by atoms with Gasteiger partial charge in [-0.1, -0.05) is 20.8 Å². The maximum absolute atomic E-state index is 2.79. The molecule has 0 amide bonds. The topological polar surface area (TPSA) is 6.48 Å². The Labute approximate surface area is 120 Å². The van der Waals surface area contributed by atoms with E-state index in [0.717, 1.165) is 12.0 Å². The van der Waals surface area contributed by atoms with Gasteiger partial charge >= 0.3 is 0 Å². The predicted octanol–water partition coefficient (Wildman–Crippen LogP) is 3.96. The van der Waals surface area contributed by atoms with Gasteiger partial charge < -0.3 is 0 Å². The highest BCUT2D eigenvalue weighted by Crippen LogP contribution is 2.37. The third-order valence-electron chi connectivity index (χ3n) is 5.31. The molecular formula is C17H34N2. The monoisotopic (exact) mass is 266 g/mol. The standard InChI is InChI=1S/C17H34N2/c1-16(2,3)14-9-10-15-8-7-11-19(17(4,5)6)13-18(15)12-14/h14-15H,7-13H2,1-6H3. The van der Waals surface area contributed by atoms with E-state index < -0.39 is 0 Å². The minimum atomic E-state index is 0.309. The highest BCUT2D eigenvalue weighted by atomic mass is 15.4. The molecule has 2 heterocycles. The molecule has 2 aliphatic heterocycles. The molecule has 0 aromatic carbocycles. The van der Waals surface area contributed by atoms with Gasteiger partial charge in [-0.25, -0.2) is 0 Å². The lowest BCUT2D eigenvalue weighted by Gasteiger charge is -2.46. The van der Waals surface area contributed by atoms with Crippen LogP contribution in [0.25, 0.3) is 0 Å². The molecule has 2 unspecified atom stereocenters. The zero-order chi connectivity index (χ0) is 14.3. The summed E-state index contributed by atoms with van der Waals surface area (Å²) in [5, 5.41) is 0. The van der Waals surface area contributed by atoms with Crippen LogP contribution >= 0.6 is 0 Å². The summed E-state index contributed by atoms with van der Waals surface area (Å²) in [6, 6.07) is 0.853. The average molecular weight is 266 g/mol. The molecule has 19 heavy (non-hydrogen) atoms. The third kappa shape index (κ3) is 3.72. The Morgan fingerprint density at radius 3 is 2.16 bits per heavy atom. The molecule has 0 radical (unpaired) electrons. The minimum Gasteiger partial charge on any atom is -0.287 e. The van der Waals surface area contributed by atoms with Crippen LogP contribution in [0, 0.1) is 11.3 Å². The fourth-order valence-corrected chi connectivity index (χ4v) is 3.66. The van der Waals surface area contributed by atoms with Gasteiger partial charge in [-0.3, -0.25) is 9.80 Å². The Kier molecular flexibility index (Phi) is 4.32. The summed E-state index contributed by atoms with van der Waals surface area (Å²) in [6.07, 6.45) is 5.63. The van der Waals surface area contributed by atoms with Crippen molar-refractivity contribution in [2.45, 2.75) is 78.8 Å². The number of nitrogens with zero attached hydrogens (tertiary/aromatic N) is 2. The summed E-state index contributed by atoms with van der Waals surface area (Å²) in [5.41, 5.74) is 0.771. The van der Waals surface area contributed by atoms with E-state index in [1.54, 1.807) is 0 Å². The summed E-state index contributed by atoms with van der Waals surface area (Å²) < 4.78 is 0. The molecular weight excluding hydrogens is 232 g/mol. The summed E-state index contributed by atoms with van der Waals surface area (Å²) >= 11 is 0. The lowest BCUT2D eigenvalue weighted by molar-refractivity contribution is 0.00188. The lowest BCUT2D eigenvalue weighted by atomic mass is 9.74. The highest BCUT2D eigenvalue weighted by Gasteiger charge is 2.37. The third-order valence-corrected chi connectivity index (χ3v) is 5.31. The molecule has 0 aromatic rings. The van der Waals surface area contributed by atoms with Crippen molar-refractivity contribution < 1.29 is 0 Å². The van der Waals surface area contributed by atoms with Gasteiger partial charge in [0.2, 0.25) is 0 Å². The van der Waals surface area contributed by atoms with Gasteiger partial charge in [0.25, 0.3) is 0 Å². The Bertz CT molecular complexity index is 297. The maximum atomic E-state index is 2.79. The van der Waals surface area contributed by atoms with Gasteiger partial charge in [0.15, 0.2) is 0 Å². The van der Waals surface area contributed by atoms with Crippen molar-refractivity contribution in [3.8, 4) is 0 Å². The summed E-state index contributed by atoms with van der Waals surface area (Å²) in [5.74, 6) is 0.865. The lowest BCUT2D eigenvalue weighted by Crippen LogP contribution is -2.52. The summed E-state index contributed by atoms with van der Waals surface area (Å²) in [6.45, 7) is 18.1. The van der Waals surface area contributed by atoms with Gasteiger partial charge in [0, 0.05) is 18.1 Å². The Balaban J connectivity index is 2.06. The molecule has 0 N–H and O–H groups in total. The van der Waals surface area contributed by atoms with Crippen molar-refractivity contribution in [2.24, 2.45) is 11.3 Å². The first-order valence-corrected chi connectivity index (χ1v) is 8.17. The van der Waals surface area contributed by atoms with E-state index >= 15 is 0 Å². The number of hydrogen-bond donors (Lipinski definition) is 0. The van der Waals surface area contributed by atoms with E-state index in [9.17, 15) is 0 Å². The first kappa shape index (κ1) is 15.3. The first-order valence-electron chi connectivity index (χ1n) is 8.17. The average Bonchev–Trinajstić information content (AvgIpc) is 2.47. The van der Waals surface area contributed by atoms with E-state index in [1.807, 2.05) is 0 Å². The minimum absolute atomic E-state index is 0.309. The van der Waals surface area contributed by atoms with E-state index in [-0.39, 0.29) is 0 Å². The van der Waals surface area contributed by atoms with Crippen LogP contribution in [0.2, 0.25) is 0 Å². The SMILES string of the molecule is CC(C)(C)C1CCC2CCCN(C(C)(C)C)CN2C1. The second kappa shape index (κ2) is 5.37. The molecule has 0 spiro atoms. The van der Waals surface area contributed by atoms with E-state index in [4.69, 9.17) is 0 Å². The van der Waals surface area contributed by atoms with Crippen LogP contribution in [0.15, 0.2) is 0 Å². The van der Waals surface area contributed by atoms with Crippen molar-refractivity contribution in [1.82, 2.24) is 9.80 Å². The zero-order valence-electron chi connectivity index (χ0n) is 14.0. The van der Waals surface area contributed by atoms with E-state index in [1.165, 1.54) is 45.4 Å². The molecule has 2 saturated heterocycles. The second-order valence-corrected chi connectivity index (χ2v) is 8.78. The predicted molar refractivity (Wildman–Crippen MR) is 83.2 cm³/mol. The molecule has 2 heteroatoms. The largest absolute Gasteiger partial charge is 0.287 e. The Hall–Kier alpha value is -0.0800. The molecule has 0 aromatic heterocycles. The van der Waals surface area contributed by atoms with Gasteiger partial charge in [-0.05, 0) is 64.3 Å². The first-order chi connectivity index (χ1) is 8.68. The van der Waals surface area contributed by atoms with E-state index in [0.29, 0.717) is 11.0 Å². The van der Waals surface area contributed by atoms with E-state index in [2.05, 4.69) is 51.3 Å². The van der Waals surface area contributed by atoms with Crippen LogP contribution in [0.1, 0.15) is 67.2 Å². The number of hydrogen-bond acceptors (Lipinski definition) is 2. The van der Waals surface area contributed by atoms with Crippen LogP contribution in [-0.4, -0.2) is 41.1 Å². The Morgan fingerprint density at radius 2 is 1.58 bits per heavy atom.